The van der Waals surface area contributed by atoms with Gasteiger partial charge in [0.15, 0.2) is 0 Å². The van der Waals surface area contributed by atoms with Crippen LogP contribution in [-0.4, -0.2) is 23.1 Å². The lowest BCUT2D eigenvalue weighted by Gasteiger charge is -2.26. The van der Waals surface area contributed by atoms with E-state index in [1.54, 1.807) is 13.0 Å². The van der Waals surface area contributed by atoms with Crippen molar-refractivity contribution in [3.63, 3.8) is 0 Å². The third kappa shape index (κ3) is 3.74. The van der Waals surface area contributed by atoms with Crippen molar-refractivity contribution in [1.82, 2.24) is 10.5 Å². The Morgan fingerprint density at radius 1 is 1.35 bits per heavy atom. The molecule has 2 rings (SSSR count). The third-order valence-electron chi connectivity index (χ3n) is 4.23. The summed E-state index contributed by atoms with van der Waals surface area (Å²) in [6, 6.07) is 7.22. The van der Waals surface area contributed by atoms with E-state index < -0.39 is 5.54 Å². The van der Waals surface area contributed by atoms with Crippen molar-refractivity contribution in [2.75, 3.05) is 6.54 Å². The number of rotatable bonds is 6. The Morgan fingerprint density at radius 3 is 2.61 bits per heavy atom. The van der Waals surface area contributed by atoms with Crippen LogP contribution in [0.25, 0.3) is 11.3 Å². The van der Waals surface area contributed by atoms with Crippen LogP contribution in [0.5, 0.6) is 0 Å². The Morgan fingerprint density at radius 2 is 2.00 bits per heavy atom. The van der Waals surface area contributed by atoms with E-state index >= 15 is 0 Å². The van der Waals surface area contributed by atoms with Gasteiger partial charge in [0.2, 0.25) is 0 Å². The van der Waals surface area contributed by atoms with Crippen molar-refractivity contribution in [1.29, 1.82) is 0 Å². The van der Waals surface area contributed by atoms with Gasteiger partial charge in [0.1, 0.15) is 17.0 Å². The van der Waals surface area contributed by atoms with Crippen LogP contribution in [0.3, 0.4) is 0 Å². The normalized spacial score (nSPS) is 11.5. The van der Waals surface area contributed by atoms with E-state index in [0.717, 1.165) is 12.8 Å². The highest BCUT2D eigenvalue weighted by atomic mass is 35.5. The van der Waals surface area contributed by atoms with E-state index in [2.05, 4.69) is 10.5 Å². The van der Waals surface area contributed by atoms with Crippen molar-refractivity contribution in [2.24, 2.45) is 5.73 Å². The van der Waals surface area contributed by atoms with E-state index in [4.69, 9.17) is 21.9 Å². The van der Waals surface area contributed by atoms with Gasteiger partial charge in [0, 0.05) is 17.6 Å². The first-order chi connectivity index (χ1) is 10.9. The van der Waals surface area contributed by atoms with Crippen LogP contribution >= 0.6 is 11.6 Å². The maximum Gasteiger partial charge on any atom is 0.257 e. The summed E-state index contributed by atoms with van der Waals surface area (Å²) in [7, 11) is 0. The quantitative estimate of drug-likeness (QED) is 0.845. The molecule has 0 unspecified atom stereocenters. The number of hydrogen-bond acceptors (Lipinski definition) is 4. The first-order valence-corrected chi connectivity index (χ1v) is 8.08. The van der Waals surface area contributed by atoms with E-state index in [-0.39, 0.29) is 5.91 Å². The Kier molecular flexibility index (Phi) is 5.44. The van der Waals surface area contributed by atoms with E-state index in [1.165, 1.54) is 0 Å². The Bertz CT molecular complexity index is 693. The summed E-state index contributed by atoms with van der Waals surface area (Å²) in [5.41, 5.74) is 7.33. The fourth-order valence-corrected chi connectivity index (χ4v) is 2.55. The van der Waals surface area contributed by atoms with E-state index in [1.807, 2.05) is 32.0 Å². The van der Waals surface area contributed by atoms with Gasteiger partial charge in [-0.05, 0) is 25.8 Å². The van der Waals surface area contributed by atoms with Crippen LogP contribution in [0.2, 0.25) is 5.02 Å². The van der Waals surface area contributed by atoms with Gasteiger partial charge >= 0.3 is 0 Å². The monoisotopic (exact) mass is 335 g/mol. The van der Waals surface area contributed by atoms with Crippen LogP contribution in [0.15, 0.2) is 28.8 Å². The highest BCUT2D eigenvalue weighted by Crippen LogP contribution is 2.30. The lowest BCUT2D eigenvalue weighted by molar-refractivity contribution is 0.0941. The number of carbonyl (C=O) groups is 1. The molecule has 6 heteroatoms. The minimum absolute atomic E-state index is 0.254. The summed E-state index contributed by atoms with van der Waals surface area (Å²) in [6.07, 6.45) is 1.56. The lowest BCUT2D eigenvalue weighted by Crippen LogP contribution is -2.49. The first kappa shape index (κ1) is 17.5. The molecule has 0 bridgehead atoms. The number of hydrogen-bond donors (Lipinski definition) is 2. The molecule has 0 aliphatic rings. The number of aryl methyl sites for hydroxylation is 1. The molecule has 23 heavy (non-hydrogen) atoms. The molecule has 0 aliphatic heterocycles. The average Bonchev–Trinajstić information content (AvgIpc) is 2.94. The predicted octanol–water partition coefficient (Wildman–Crippen LogP) is 3.55. The van der Waals surface area contributed by atoms with Crippen LogP contribution in [0.4, 0.5) is 0 Å². The summed E-state index contributed by atoms with van der Waals surface area (Å²) in [5.74, 6) is 0.198. The van der Waals surface area contributed by atoms with Crippen LogP contribution in [0.1, 0.15) is 42.8 Å². The molecule has 2 aromatic rings. The molecule has 0 atom stereocenters. The Labute approximate surface area is 141 Å². The molecule has 5 nitrogen and oxygen atoms in total. The van der Waals surface area contributed by atoms with Crippen molar-refractivity contribution in [3.8, 4) is 11.3 Å². The zero-order chi connectivity index (χ0) is 17.0. The van der Waals surface area contributed by atoms with E-state index in [9.17, 15) is 4.79 Å². The highest BCUT2D eigenvalue weighted by Gasteiger charge is 2.26. The van der Waals surface area contributed by atoms with Gasteiger partial charge in [-0.15, -0.1) is 0 Å². The second-order valence-corrected chi connectivity index (χ2v) is 6.10. The zero-order valence-corrected chi connectivity index (χ0v) is 14.4. The molecule has 0 fully saturated rings. The van der Waals surface area contributed by atoms with Crippen molar-refractivity contribution >= 4 is 17.5 Å². The van der Waals surface area contributed by atoms with Gasteiger partial charge in [-0.1, -0.05) is 48.8 Å². The Balaban J connectivity index is 2.29. The van der Waals surface area contributed by atoms with Gasteiger partial charge in [0.05, 0.1) is 5.02 Å². The number of benzene rings is 1. The molecule has 1 heterocycles. The zero-order valence-electron chi connectivity index (χ0n) is 13.6. The maximum atomic E-state index is 12.6. The molecule has 0 spiro atoms. The number of nitrogens with zero attached hydrogens (tertiary/aromatic N) is 1. The number of amides is 1. The molecule has 0 radical (unpaired) electrons. The summed E-state index contributed by atoms with van der Waals surface area (Å²) >= 11 is 6.21. The predicted molar refractivity (Wildman–Crippen MR) is 91.5 cm³/mol. The van der Waals surface area contributed by atoms with Gasteiger partial charge in [0.25, 0.3) is 5.91 Å². The Hall–Kier alpha value is -1.85. The molecular weight excluding hydrogens is 314 g/mol. The summed E-state index contributed by atoms with van der Waals surface area (Å²) in [6.45, 7) is 6.12. The minimum Gasteiger partial charge on any atom is -0.360 e. The van der Waals surface area contributed by atoms with Crippen molar-refractivity contribution < 1.29 is 9.32 Å². The molecule has 1 aromatic heterocycles. The van der Waals surface area contributed by atoms with Gasteiger partial charge < -0.3 is 15.6 Å². The topological polar surface area (TPSA) is 81.1 Å². The molecule has 1 aromatic carbocycles. The van der Waals surface area contributed by atoms with Crippen molar-refractivity contribution in [3.05, 3.63) is 40.6 Å². The smallest absolute Gasteiger partial charge is 0.257 e. The largest absolute Gasteiger partial charge is 0.360 e. The lowest BCUT2D eigenvalue weighted by atomic mass is 9.94. The van der Waals surface area contributed by atoms with Crippen LogP contribution in [0, 0.1) is 6.92 Å². The molecule has 0 saturated carbocycles. The third-order valence-corrected chi connectivity index (χ3v) is 4.56. The highest BCUT2D eigenvalue weighted by molar-refractivity contribution is 6.33. The molecule has 0 aliphatic carbocycles. The standard InChI is InChI=1S/C17H22ClN3O2/c1-4-17(19,5-2)10-20-16(22)14-11(3)23-21-15(14)12-8-6-7-9-13(12)18/h6-9H,4-5,10,19H2,1-3H3,(H,20,22). The summed E-state index contributed by atoms with van der Waals surface area (Å²) < 4.78 is 5.21. The number of nitrogens with one attached hydrogen (secondary N) is 1. The molecule has 3 N–H and O–H groups in total. The second-order valence-electron chi connectivity index (χ2n) is 5.69. The van der Waals surface area contributed by atoms with Crippen molar-refractivity contribution in [2.45, 2.75) is 39.2 Å². The fourth-order valence-electron chi connectivity index (χ4n) is 2.32. The molecule has 124 valence electrons. The summed E-state index contributed by atoms with van der Waals surface area (Å²) in [5, 5.41) is 7.41. The number of aromatic nitrogens is 1. The second kappa shape index (κ2) is 7.15. The van der Waals surface area contributed by atoms with Crippen LogP contribution in [-0.2, 0) is 0 Å². The number of carbonyl (C=O) groups excluding carboxylic acids is 1. The van der Waals surface area contributed by atoms with Crippen LogP contribution < -0.4 is 11.1 Å². The SMILES string of the molecule is CCC(N)(CC)CNC(=O)c1c(-c2ccccc2Cl)noc1C. The minimum atomic E-state index is -0.411. The first-order valence-electron chi connectivity index (χ1n) is 7.70. The summed E-state index contributed by atoms with van der Waals surface area (Å²) in [4.78, 5) is 12.6. The van der Waals surface area contributed by atoms with Gasteiger partial charge in [-0.2, -0.15) is 0 Å². The molecule has 0 saturated heterocycles. The number of nitrogens with two attached hydrogens (primary N) is 1. The molecular formula is C17H22ClN3O2. The fraction of sp³-hybridized carbons (Fsp3) is 0.412. The van der Waals surface area contributed by atoms with Gasteiger partial charge in [-0.3, -0.25) is 4.79 Å². The average molecular weight is 336 g/mol. The maximum absolute atomic E-state index is 12.6. The van der Waals surface area contributed by atoms with Gasteiger partial charge in [-0.25, -0.2) is 0 Å². The van der Waals surface area contributed by atoms with E-state index in [0.29, 0.717) is 34.1 Å². The molecule has 1 amide bonds. The number of halogens is 1.